The van der Waals surface area contributed by atoms with Gasteiger partial charge in [0, 0.05) is 56.7 Å². The average molecular weight is 398 g/mol. The lowest BCUT2D eigenvalue weighted by atomic mass is 10.1. The van der Waals surface area contributed by atoms with Gasteiger partial charge in [-0.25, -0.2) is 4.39 Å². The third kappa shape index (κ3) is 4.37. The van der Waals surface area contributed by atoms with Gasteiger partial charge in [0.15, 0.2) is 0 Å². The molecule has 2 amide bonds. The molecule has 0 atom stereocenters. The zero-order valence-electron chi connectivity index (χ0n) is 16.1. The Morgan fingerprint density at radius 2 is 1.52 bits per heavy atom. The highest BCUT2D eigenvalue weighted by molar-refractivity contribution is 5.98. The molecular formula is C21H23FN4O3. The molecule has 2 aliphatic rings. The largest absolute Gasteiger partial charge is 0.378 e. The van der Waals surface area contributed by atoms with Gasteiger partial charge in [0.25, 0.3) is 11.8 Å². The van der Waals surface area contributed by atoms with E-state index in [4.69, 9.17) is 4.74 Å². The van der Waals surface area contributed by atoms with Crippen LogP contribution >= 0.6 is 0 Å². The van der Waals surface area contributed by atoms with E-state index in [1.807, 2.05) is 0 Å². The van der Waals surface area contributed by atoms with E-state index in [9.17, 15) is 14.0 Å². The van der Waals surface area contributed by atoms with Crippen molar-refractivity contribution in [3.63, 3.8) is 0 Å². The first kappa shape index (κ1) is 19.3. The van der Waals surface area contributed by atoms with Gasteiger partial charge in [-0.2, -0.15) is 0 Å². The predicted molar refractivity (Wildman–Crippen MR) is 105 cm³/mol. The molecule has 8 heteroatoms. The van der Waals surface area contributed by atoms with Crippen LogP contribution in [-0.4, -0.2) is 79.1 Å². The summed E-state index contributed by atoms with van der Waals surface area (Å²) in [7, 11) is 0. The quantitative estimate of drug-likeness (QED) is 0.787. The van der Waals surface area contributed by atoms with E-state index in [0.717, 1.165) is 5.69 Å². The number of amides is 2. The normalized spacial score (nSPS) is 17.3. The van der Waals surface area contributed by atoms with Crippen molar-refractivity contribution in [2.45, 2.75) is 0 Å². The van der Waals surface area contributed by atoms with E-state index in [2.05, 4.69) is 9.88 Å². The number of hydrogen-bond acceptors (Lipinski definition) is 5. The fraction of sp³-hybridized carbons (Fsp3) is 0.381. The van der Waals surface area contributed by atoms with E-state index < -0.39 is 0 Å². The number of nitrogens with zero attached hydrogens (tertiary/aromatic N) is 4. The molecule has 0 bridgehead atoms. The number of pyridine rings is 1. The number of anilines is 1. The van der Waals surface area contributed by atoms with Crippen molar-refractivity contribution < 1.29 is 18.7 Å². The van der Waals surface area contributed by atoms with Crippen LogP contribution in [0.2, 0.25) is 0 Å². The molecule has 0 unspecified atom stereocenters. The number of halogens is 1. The van der Waals surface area contributed by atoms with Gasteiger partial charge in [-0.15, -0.1) is 0 Å². The molecule has 3 heterocycles. The lowest BCUT2D eigenvalue weighted by Gasteiger charge is -2.36. The van der Waals surface area contributed by atoms with Gasteiger partial charge in [0.1, 0.15) is 11.5 Å². The molecule has 1 aromatic carbocycles. The Bertz CT molecular complexity index is 876. The maximum Gasteiger partial charge on any atom is 0.272 e. The van der Waals surface area contributed by atoms with E-state index >= 15 is 0 Å². The molecule has 152 valence electrons. The van der Waals surface area contributed by atoms with Gasteiger partial charge in [0.05, 0.1) is 13.2 Å². The van der Waals surface area contributed by atoms with Crippen molar-refractivity contribution >= 4 is 17.5 Å². The van der Waals surface area contributed by atoms with E-state index in [1.165, 1.54) is 18.3 Å². The summed E-state index contributed by atoms with van der Waals surface area (Å²) in [6, 6.07) is 9.60. The Labute approximate surface area is 168 Å². The number of ether oxygens (including phenoxy) is 1. The molecule has 0 saturated carbocycles. The van der Waals surface area contributed by atoms with Crippen LogP contribution in [0.3, 0.4) is 0 Å². The molecule has 2 aliphatic heterocycles. The van der Waals surface area contributed by atoms with Crippen LogP contribution in [-0.2, 0) is 4.74 Å². The third-order valence-corrected chi connectivity index (χ3v) is 5.28. The summed E-state index contributed by atoms with van der Waals surface area (Å²) in [5, 5.41) is 0. The van der Waals surface area contributed by atoms with Crippen LogP contribution in [0, 0.1) is 5.82 Å². The molecule has 2 fully saturated rings. The average Bonchev–Trinajstić information content (AvgIpc) is 2.79. The van der Waals surface area contributed by atoms with E-state index in [1.54, 1.807) is 34.1 Å². The number of benzene rings is 1. The Kier molecular flexibility index (Phi) is 5.71. The highest BCUT2D eigenvalue weighted by atomic mass is 19.1. The summed E-state index contributed by atoms with van der Waals surface area (Å²) < 4.78 is 18.4. The first-order valence-corrected chi connectivity index (χ1v) is 9.75. The number of piperazine rings is 1. The van der Waals surface area contributed by atoms with Gasteiger partial charge in [-0.05, 0) is 36.4 Å². The number of aromatic nitrogens is 1. The molecule has 0 aliphatic carbocycles. The van der Waals surface area contributed by atoms with Crippen LogP contribution in [0.1, 0.15) is 20.8 Å². The topological polar surface area (TPSA) is 66.0 Å². The fourth-order valence-corrected chi connectivity index (χ4v) is 3.61. The Balaban J connectivity index is 1.40. The van der Waals surface area contributed by atoms with Crippen molar-refractivity contribution in [1.82, 2.24) is 14.8 Å². The minimum absolute atomic E-state index is 0.109. The van der Waals surface area contributed by atoms with Crippen LogP contribution < -0.4 is 4.90 Å². The second kappa shape index (κ2) is 8.57. The summed E-state index contributed by atoms with van der Waals surface area (Å²) in [5.41, 5.74) is 1.69. The van der Waals surface area contributed by atoms with E-state index in [-0.39, 0.29) is 23.3 Å². The van der Waals surface area contributed by atoms with Gasteiger partial charge >= 0.3 is 0 Å². The molecule has 2 aromatic rings. The molecule has 2 saturated heterocycles. The second-order valence-electron chi connectivity index (χ2n) is 7.09. The number of hydrogen-bond donors (Lipinski definition) is 0. The Hall–Kier alpha value is -3.00. The monoisotopic (exact) mass is 398 g/mol. The summed E-state index contributed by atoms with van der Waals surface area (Å²) >= 11 is 0. The maximum atomic E-state index is 13.1. The SMILES string of the molecule is O=C(c1ccnc(C(=O)N2CCOCC2)c1)N1CCN(c2ccc(F)cc2)CC1. The summed E-state index contributed by atoms with van der Waals surface area (Å²) in [6.45, 7) is 4.56. The summed E-state index contributed by atoms with van der Waals surface area (Å²) in [5.74, 6) is -0.547. The van der Waals surface area contributed by atoms with Crippen LogP contribution in [0.25, 0.3) is 0 Å². The molecule has 4 rings (SSSR count). The van der Waals surface area contributed by atoms with Crippen molar-refractivity contribution in [2.24, 2.45) is 0 Å². The van der Waals surface area contributed by atoms with Crippen molar-refractivity contribution in [3.8, 4) is 0 Å². The van der Waals surface area contributed by atoms with Crippen molar-refractivity contribution in [2.75, 3.05) is 57.4 Å². The maximum absolute atomic E-state index is 13.1. The lowest BCUT2D eigenvalue weighted by molar-refractivity contribution is 0.0299. The molecule has 0 spiro atoms. The minimum Gasteiger partial charge on any atom is -0.378 e. The third-order valence-electron chi connectivity index (χ3n) is 5.28. The number of rotatable bonds is 3. The highest BCUT2D eigenvalue weighted by Crippen LogP contribution is 2.18. The van der Waals surface area contributed by atoms with Gasteiger partial charge < -0.3 is 19.4 Å². The van der Waals surface area contributed by atoms with Crippen LogP contribution in [0.15, 0.2) is 42.6 Å². The number of morpholine rings is 1. The molecule has 29 heavy (non-hydrogen) atoms. The zero-order valence-corrected chi connectivity index (χ0v) is 16.1. The zero-order chi connectivity index (χ0) is 20.2. The Morgan fingerprint density at radius 3 is 2.21 bits per heavy atom. The summed E-state index contributed by atoms with van der Waals surface area (Å²) in [6.07, 6.45) is 1.51. The standard InChI is InChI=1S/C21H23FN4O3/c22-17-1-3-18(4-2-17)24-7-9-25(10-8-24)20(27)16-5-6-23-19(15-16)21(28)26-11-13-29-14-12-26/h1-6,15H,7-14H2. The second-order valence-corrected chi connectivity index (χ2v) is 7.09. The molecule has 1 aromatic heterocycles. The fourth-order valence-electron chi connectivity index (χ4n) is 3.61. The predicted octanol–water partition coefficient (Wildman–Crippen LogP) is 1.66. The van der Waals surface area contributed by atoms with Crippen molar-refractivity contribution in [3.05, 3.63) is 59.7 Å². The van der Waals surface area contributed by atoms with Gasteiger partial charge in [-0.3, -0.25) is 14.6 Å². The lowest BCUT2D eigenvalue weighted by Crippen LogP contribution is -2.48. The first-order chi connectivity index (χ1) is 14.1. The number of carbonyl (C=O) groups excluding carboxylic acids is 2. The highest BCUT2D eigenvalue weighted by Gasteiger charge is 2.25. The van der Waals surface area contributed by atoms with E-state index in [0.29, 0.717) is 58.0 Å². The molecular weight excluding hydrogens is 375 g/mol. The van der Waals surface area contributed by atoms with Gasteiger partial charge in [-0.1, -0.05) is 0 Å². The smallest absolute Gasteiger partial charge is 0.272 e. The minimum atomic E-state index is -0.261. The summed E-state index contributed by atoms with van der Waals surface area (Å²) in [4.78, 5) is 35.3. The molecule has 7 nitrogen and oxygen atoms in total. The van der Waals surface area contributed by atoms with Crippen LogP contribution in [0.5, 0.6) is 0 Å². The van der Waals surface area contributed by atoms with Gasteiger partial charge in [0.2, 0.25) is 0 Å². The number of carbonyl (C=O) groups is 2. The molecule has 0 N–H and O–H groups in total. The van der Waals surface area contributed by atoms with Crippen LogP contribution in [0.4, 0.5) is 10.1 Å². The van der Waals surface area contributed by atoms with Crippen molar-refractivity contribution in [1.29, 1.82) is 0 Å². The first-order valence-electron chi connectivity index (χ1n) is 9.75. The Morgan fingerprint density at radius 1 is 0.862 bits per heavy atom. The molecule has 0 radical (unpaired) electrons.